The highest BCUT2D eigenvalue weighted by atomic mass is 16.6. The first-order valence-electron chi connectivity index (χ1n) is 6.82. The van der Waals surface area contributed by atoms with Crippen LogP contribution in [0.5, 0.6) is 5.75 Å². The second-order valence-corrected chi connectivity index (χ2v) is 4.92. The molecule has 110 valence electrons. The molecule has 0 fully saturated rings. The minimum absolute atomic E-state index is 0.0490. The van der Waals surface area contributed by atoms with Crippen molar-refractivity contribution in [3.63, 3.8) is 0 Å². The lowest BCUT2D eigenvalue weighted by atomic mass is 10.0. The van der Waals surface area contributed by atoms with Crippen LogP contribution in [0.15, 0.2) is 42.5 Å². The predicted molar refractivity (Wildman–Crippen MR) is 82.6 cm³/mol. The molecule has 2 N–H and O–H groups in total. The van der Waals surface area contributed by atoms with Gasteiger partial charge >= 0.3 is 0 Å². The predicted octanol–water partition coefficient (Wildman–Crippen LogP) is 4.17. The highest BCUT2D eigenvalue weighted by Crippen LogP contribution is 2.30. The summed E-state index contributed by atoms with van der Waals surface area (Å²) in [6.07, 6.45) is 0.785. The number of rotatable bonds is 5. The van der Waals surface area contributed by atoms with E-state index in [1.807, 2.05) is 19.1 Å². The van der Waals surface area contributed by atoms with Crippen LogP contribution in [0.25, 0.3) is 0 Å². The van der Waals surface area contributed by atoms with Crippen molar-refractivity contribution in [2.45, 2.75) is 26.3 Å². The molecule has 5 heteroatoms. The van der Waals surface area contributed by atoms with Gasteiger partial charge < -0.3 is 10.4 Å². The molecule has 0 saturated heterocycles. The number of phenolic OH excluding ortho intramolecular Hbond substituents is 1. The normalized spacial score (nSPS) is 11.9. The van der Waals surface area contributed by atoms with E-state index in [0.717, 1.165) is 17.7 Å². The van der Waals surface area contributed by atoms with Gasteiger partial charge in [0.15, 0.2) is 0 Å². The summed E-state index contributed by atoms with van der Waals surface area (Å²) < 4.78 is 0. The van der Waals surface area contributed by atoms with Crippen molar-refractivity contribution in [1.29, 1.82) is 0 Å². The first kappa shape index (κ1) is 14.8. The number of hydrogen-bond donors (Lipinski definition) is 2. The fourth-order valence-electron chi connectivity index (χ4n) is 2.33. The molecule has 0 aliphatic carbocycles. The van der Waals surface area contributed by atoms with Crippen molar-refractivity contribution >= 4 is 11.4 Å². The van der Waals surface area contributed by atoms with Gasteiger partial charge in [-0.15, -0.1) is 0 Å². The zero-order valence-corrected chi connectivity index (χ0v) is 12.0. The van der Waals surface area contributed by atoms with Gasteiger partial charge in [0.05, 0.1) is 11.0 Å². The number of nitro benzene ring substituents is 1. The fraction of sp³-hybridized carbons (Fsp3) is 0.250. The number of hydrogen-bond acceptors (Lipinski definition) is 4. The number of aromatic hydroxyl groups is 1. The Labute approximate surface area is 123 Å². The highest BCUT2D eigenvalue weighted by molar-refractivity contribution is 5.55. The molecule has 0 heterocycles. The van der Waals surface area contributed by atoms with Crippen LogP contribution in [0.4, 0.5) is 11.4 Å². The van der Waals surface area contributed by atoms with Crippen LogP contribution in [0.2, 0.25) is 0 Å². The van der Waals surface area contributed by atoms with E-state index >= 15 is 0 Å². The molecule has 0 bridgehead atoms. The maximum absolute atomic E-state index is 10.8. The van der Waals surface area contributed by atoms with Crippen molar-refractivity contribution in [3.05, 3.63) is 63.7 Å². The van der Waals surface area contributed by atoms with Gasteiger partial charge in [-0.3, -0.25) is 10.1 Å². The third-order valence-corrected chi connectivity index (χ3v) is 3.45. The fourth-order valence-corrected chi connectivity index (χ4v) is 2.33. The van der Waals surface area contributed by atoms with Crippen LogP contribution in [-0.2, 0) is 0 Å². The Morgan fingerprint density at radius 2 is 2.00 bits per heavy atom. The van der Waals surface area contributed by atoms with Crippen molar-refractivity contribution < 1.29 is 10.0 Å². The zero-order chi connectivity index (χ0) is 15.4. The summed E-state index contributed by atoms with van der Waals surface area (Å²) in [4.78, 5) is 10.4. The van der Waals surface area contributed by atoms with Gasteiger partial charge in [0.1, 0.15) is 5.75 Å². The maximum Gasteiger partial charge on any atom is 0.272 e. The third-order valence-electron chi connectivity index (χ3n) is 3.45. The van der Waals surface area contributed by atoms with Crippen LogP contribution < -0.4 is 5.32 Å². The number of nitrogens with zero attached hydrogens (tertiary/aromatic N) is 1. The van der Waals surface area contributed by atoms with Crippen LogP contribution >= 0.6 is 0 Å². The number of anilines is 1. The molecule has 2 aromatic rings. The molecule has 0 aliphatic heterocycles. The SMILES string of the molecule is CCC(Nc1ccc([N+](=O)[O-])c(C)c1)c1ccccc1O. The second-order valence-electron chi connectivity index (χ2n) is 4.92. The largest absolute Gasteiger partial charge is 0.508 e. The summed E-state index contributed by atoms with van der Waals surface area (Å²) in [5, 5.41) is 24.1. The number of nitrogens with one attached hydrogen (secondary N) is 1. The van der Waals surface area contributed by atoms with Gasteiger partial charge in [-0.1, -0.05) is 25.1 Å². The van der Waals surface area contributed by atoms with Crippen LogP contribution in [0.1, 0.15) is 30.5 Å². The summed E-state index contributed by atoms with van der Waals surface area (Å²) in [6.45, 7) is 3.73. The van der Waals surface area contributed by atoms with Gasteiger partial charge in [0.2, 0.25) is 0 Å². The Bertz CT molecular complexity index is 656. The van der Waals surface area contributed by atoms with E-state index in [1.54, 1.807) is 31.2 Å². The molecule has 2 rings (SSSR count). The second kappa shape index (κ2) is 6.26. The summed E-state index contributed by atoms with van der Waals surface area (Å²) >= 11 is 0. The standard InChI is InChI=1S/C16H18N2O3/c1-3-14(13-6-4-5-7-16(13)19)17-12-8-9-15(18(20)21)11(2)10-12/h4-10,14,17,19H,3H2,1-2H3. The van der Waals surface area contributed by atoms with Gasteiger partial charge in [-0.2, -0.15) is 0 Å². The van der Waals surface area contributed by atoms with E-state index in [-0.39, 0.29) is 22.4 Å². The lowest BCUT2D eigenvalue weighted by Crippen LogP contribution is -2.10. The summed E-state index contributed by atoms with van der Waals surface area (Å²) in [5.41, 5.74) is 2.33. The van der Waals surface area contributed by atoms with E-state index < -0.39 is 0 Å². The number of para-hydroxylation sites is 1. The lowest BCUT2D eigenvalue weighted by Gasteiger charge is -2.20. The molecule has 5 nitrogen and oxygen atoms in total. The van der Waals surface area contributed by atoms with E-state index in [4.69, 9.17) is 0 Å². The molecule has 2 aromatic carbocycles. The molecule has 1 atom stereocenters. The van der Waals surface area contributed by atoms with Crippen LogP contribution in [0, 0.1) is 17.0 Å². The van der Waals surface area contributed by atoms with Gasteiger partial charge in [0, 0.05) is 22.9 Å². The van der Waals surface area contributed by atoms with Crippen molar-refractivity contribution in [3.8, 4) is 5.75 Å². The molecular formula is C16H18N2O3. The van der Waals surface area contributed by atoms with Crippen molar-refractivity contribution in [2.24, 2.45) is 0 Å². The minimum Gasteiger partial charge on any atom is -0.508 e. The number of aryl methyl sites for hydroxylation is 1. The van der Waals surface area contributed by atoms with Gasteiger partial charge in [-0.05, 0) is 31.5 Å². The Balaban J connectivity index is 2.25. The zero-order valence-electron chi connectivity index (χ0n) is 12.0. The Morgan fingerprint density at radius 1 is 1.29 bits per heavy atom. The van der Waals surface area contributed by atoms with Gasteiger partial charge in [-0.25, -0.2) is 0 Å². The Hall–Kier alpha value is -2.56. The summed E-state index contributed by atoms with van der Waals surface area (Å²) in [5.74, 6) is 0.246. The summed E-state index contributed by atoms with van der Waals surface area (Å²) in [6, 6.07) is 12.1. The molecule has 21 heavy (non-hydrogen) atoms. The van der Waals surface area contributed by atoms with Crippen molar-refractivity contribution in [1.82, 2.24) is 0 Å². The molecule has 0 saturated carbocycles. The third kappa shape index (κ3) is 3.31. The quantitative estimate of drug-likeness (QED) is 0.639. The molecule has 1 unspecified atom stereocenters. The molecular weight excluding hydrogens is 268 g/mol. The monoisotopic (exact) mass is 286 g/mol. The minimum atomic E-state index is -0.389. The molecule has 0 radical (unpaired) electrons. The highest BCUT2D eigenvalue weighted by Gasteiger charge is 2.15. The van der Waals surface area contributed by atoms with E-state index in [9.17, 15) is 15.2 Å². The lowest BCUT2D eigenvalue weighted by molar-refractivity contribution is -0.385. The number of phenols is 1. The average molecular weight is 286 g/mol. The topological polar surface area (TPSA) is 75.4 Å². The number of benzene rings is 2. The van der Waals surface area contributed by atoms with Gasteiger partial charge in [0.25, 0.3) is 5.69 Å². The van der Waals surface area contributed by atoms with E-state index in [1.165, 1.54) is 6.07 Å². The summed E-state index contributed by atoms with van der Waals surface area (Å²) in [7, 11) is 0. The van der Waals surface area contributed by atoms with E-state index in [0.29, 0.717) is 5.56 Å². The Morgan fingerprint density at radius 3 is 2.57 bits per heavy atom. The molecule has 0 aliphatic rings. The van der Waals surface area contributed by atoms with Crippen LogP contribution in [-0.4, -0.2) is 10.0 Å². The molecule has 0 amide bonds. The average Bonchev–Trinajstić information content (AvgIpc) is 2.45. The Kier molecular flexibility index (Phi) is 4.42. The molecule has 0 aromatic heterocycles. The van der Waals surface area contributed by atoms with Crippen molar-refractivity contribution in [2.75, 3.05) is 5.32 Å². The first-order chi connectivity index (χ1) is 10.0. The number of nitro groups is 1. The van der Waals surface area contributed by atoms with E-state index in [2.05, 4.69) is 5.32 Å². The smallest absolute Gasteiger partial charge is 0.272 e. The first-order valence-corrected chi connectivity index (χ1v) is 6.82. The van der Waals surface area contributed by atoms with Crippen LogP contribution in [0.3, 0.4) is 0 Å². The maximum atomic E-state index is 10.8. The molecule has 0 spiro atoms.